The van der Waals surface area contributed by atoms with Gasteiger partial charge in [0, 0.05) is 17.9 Å². The van der Waals surface area contributed by atoms with Crippen molar-refractivity contribution in [2.45, 2.75) is 32.1 Å². The Morgan fingerprint density at radius 3 is 2.88 bits per heavy atom. The largest absolute Gasteiger partial charge is 0.493 e. The number of fused-ring (bicyclic) bond motifs is 1. The first kappa shape index (κ1) is 9.88. The Hall–Kier alpha value is -1.31. The standard InChI is InChI=1S/C14H16O2/c15-14(10-3-1-2-4-10)12-5-6-13-11(9-12)7-8-16-13/h5-6,9-10H,1-4,7-8H2. The molecule has 1 aromatic rings. The van der Waals surface area contributed by atoms with Crippen molar-refractivity contribution < 1.29 is 9.53 Å². The van der Waals surface area contributed by atoms with Gasteiger partial charge in [0.2, 0.25) is 0 Å². The Morgan fingerprint density at radius 2 is 2.06 bits per heavy atom. The number of hydrogen-bond acceptors (Lipinski definition) is 2. The van der Waals surface area contributed by atoms with E-state index in [0.717, 1.165) is 37.2 Å². The zero-order chi connectivity index (χ0) is 11.0. The number of ether oxygens (including phenoxy) is 1. The number of carbonyl (C=O) groups excluding carboxylic acids is 1. The van der Waals surface area contributed by atoms with Gasteiger partial charge < -0.3 is 4.74 Å². The smallest absolute Gasteiger partial charge is 0.165 e. The zero-order valence-corrected chi connectivity index (χ0v) is 9.37. The normalized spacial score (nSPS) is 19.5. The molecule has 0 unspecified atom stereocenters. The molecule has 0 N–H and O–H groups in total. The molecular formula is C14H16O2. The van der Waals surface area contributed by atoms with Crippen LogP contribution in [0.4, 0.5) is 0 Å². The molecule has 2 aliphatic rings. The number of hydrogen-bond donors (Lipinski definition) is 0. The first-order valence-corrected chi connectivity index (χ1v) is 6.14. The van der Waals surface area contributed by atoms with Gasteiger partial charge in [0.05, 0.1) is 6.61 Å². The fourth-order valence-electron chi connectivity index (χ4n) is 2.76. The van der Waals surface area contributed by atoms with Crippen LogP contribution in [0.1, 0.15) is 41.6 Å². The molecule has 0 radical (unpaired) electrons. The molecule has 3 rings (SSSR count). The molecule has 1 saturated carbocycles. The van der Waals surface area contributed by atoms with Gasteiger partial charge in [0.25, 0.3) is 0 Å². The van der Waals surface area contributed by atoms with Gasteiger partial charge in [0.15, 0.2) is 5.78 Å². The van der Waals surface area contributed by atoms with Gasteiger partial charge in [-0.2, -0.15) is 0 Å². The fourth-order valence-corrected chi connectivity index (χ4v) is 2.76. The second-order valence-corrected chi connectivity index (χ2v) is 4.77. The third-order valence-corrected chi connectivity index (χ3v) is 3.70. The Labute approximate surface area is 95.6 Å². The van der Waals surface area contributed by atoms with Crippen molar-refractivity contribution in [2.75, 3.05) is 6.61 Å². The van der Waals surface area contributed by atoms with Gasteiger partial charge in [0.1, 0.15) is 5.75 Å². The highest BCUT2D eigenvalue weighted by Gasteiger charge is 2.24. The molecule has 0 spiro atoms. The average molecular weight is 216 g/mol. The van der Waals surface area contributed by atoms with Gasteiger partial charge in [-0.3, -0.25) is 4.79 Å². The van der Waals surface area contributed by atoms with Crippen LogP contribution in [0.15, 0.2) is 18.2 Å². The molecule has 0 bridgehead atoms. The Kier molecular flexibility index (Phi) is 2.43. The first-order valence-electron chi connectivity index (χ1n) is 6.14. The molecule has 1 fully saturated rings. The van der Waals surface area contributed by atoms with Crippen LogP contribution in [-0.4, -0.2) is 12.4 Å². The minimum atomic E-state index is 0.278. The maximum atomic E-state index is 12.2. The molecule has 16 heavy (non-hydrogen) atoms. The Balaban J connectivity index is 1.86. The van der Waals surface area contributed by atoms with E-state index in [0.29, 0.717) is 5.78 Å². The van der Waals surface area contributed by atoms with Crippen LogP contribution in [0.2, 0.25) is 0 Å². The summed E-state index contributed by atoms with van der Waals surface area (Å²) >= 11 is 0. The number of rotatable bonds is 2. The van der Waals surface area contributed by atoms with Gasteiger partial charge in [-0.15, -0.1) is 0 Å². The predicted octanol–water partition coefficient (Wildman–Crippen LogP) is 2.99. The van der Waals surface area contributed by atoms with Crippen LogP contribution >= 0.6 is 0 Å². The van der Waals surface area contributed by atoms with E-state index >= 15 is 0 Å². The fraction of sp³-hybridized carbons (Fsp3) is 0.500. The highest BCUT2D eigenvalue weighted by atomic mass is 16.5. The van der Waals surface area contributed by atoms with Crippen molar-refractivity contribution in [2.24, 2.45) is 5.92 Å². The third-order valence-electron chi connectivity index (χ3n) is 3.70. The summed E-state index contributed by atoms with van der Waals surface area (Å²) in [5.41, 5.74) is 2.08. The monoisotopic (exact) mass is 216 g/mol. The van der Waals surface area contributed by atoms with E-state index in [1.165, 1.54) is 18.4 Å². The van der Waals surface area contributed by atoms with Crippen LogP contribution in [0, 0.1) is 5.92 Å². The highest BCUT2D eigenvalue weighted by Crippen LogP contribution is 2.31. The van der Waals surface area contributed by atoms with Crippen molar-refractivity contribution in [3.8, 4) is 5.75 Å². The summed E-state index contributed by atoms with van der Waals surface area (Å²) in [5.74, 6) is 1.58. The van der Waals surface area contributed by atoms with Gasteiger partial charge >= 0.3 is 0 Å². The maximum absolute atomic E-state index is 12.2. The van der Waals surface area contributed by atoms with Crippen LogP contribution < -0.4 is 4.74 Å². The first-order chi connectivity index (χ1) is 7.84. The maximum Gasteiger partial charge on any atom is 0.165 e. The highest BCUT2D eigenvalue weighted by molar-refractivity contribution is 5.98. The quantitative estimate of drug-likeness (QED) is 0.710. The van der Waals surface area contributed by atoms with E-state index < -0.39 is 0 Å². The van der Waals surface area contributed by atoms with Crippen molar-refractivity contribution >= 4 is 5.78 Å². The second kappa shape index (κ2) is 3.93. The van der Waals surface area contributed by atoms with E-state index in [9.17, 15) is 4.79 Å². The molecule has 0 amide bonds. The van der Waals surface area contributed by atoms with Crippen LogP contribution in [0.5, 0.6) is 5.75 Å². The van der Waals surface area contributed by atoms with Crippen molar-refractivity contribution in [3.05, 3.63) is 29.3 Å². The summed E-state index contributed by atoms with van der Waals surface area (Å²) in [6.07, 6.45) is 5.52. The summed E-state index contributed by atoms with van der Waals surface area (Å²) in [6, 6.07) is 5.90. The lowest BCUT2D eigenvalue weighted by Crippen LogP contribution is -2.11. The average Bonchev–Trinajstić information content (AvgIpc) is 2.98. The SMILES string of the molecule is O=C(c1ccc2c(c1)CCO2)C1CCCC1. The minimum absolute atomic E-state index is 0.278. The van der Waals surface area contributed by atoms with Gasteiger partial charge in [-0.1, -0.05) is 12.8 Å². The van der Waals surface area contributed by atoms with E-state index in [4.69, 9.17) is 4.74 Å². The lowest BCUT2D eigenvalue weighted by Gasteiger charge is -2.08. The topological polar surface area (TPSA) is 26.3 Å². The summed E-state index contributed by atoms with van der Waals surface area (Å²) in [6.45, 7) is 0.760. The van der Waals surface area contributed by atoms with E-state index in [1.807, 2.05) is 18.2 Å². The van der Waals surface area contributed by atoms with E-state index in [1.54, 1.807) is 0 Å². The second-order valence-electron chi connectivity index (χ2n) is 4.77. The van der Waals surface area contributed by atoms with Crippen LogP contribution in [0.3, 0.4) is 0 Å². The molecule has 1 aromatic carbocycles. The summed E-state index contributed by atoms with van der Waals surface area (Å²) in [5, 5.41) is 0. The van der Waals surface area contributed by atoms with Crippen molar-refractivity contribution in [3.63, 3.8) is 0 Å². The molecule has 0 atom stereocenters. The predicted molar refractivity (Wildman–Crippen MR) is 61.9 cm³/mol. The lowest BCUT2D eigenvalue weighted by atomic mass is 9.95. The van der Waals surface area contributed by atoms with Gasteiger partial charge in [-0.05, 0) is 36.6 Å². The molecule has 1 aliphatic carbocycles. The summed E-state index contributed by atoms with van der Waals surface area (Å²) in [4.78, 5) is 12.2. The van der Waals surface area contributed by atoms with E-state index in [-0.39, 0.29) is 5.92 Å². The van der Waals surface area contributed by atoms with Crippen LogP contribution in [-0.2, 0) is 6.42 Å². The van der Waals surface area contributed by atoms with Crippen LogP contribution in [0.25, 0.3) is 0 Å². The van der Waals surface area contributed by atoms with Crippen molar-refractivity contribution in [1.29, 1.82) is 0 Å². The lowest BCUT2D eigenvalue weighted by molar-refractivity contribution is 0.0923. The molecular weight excluding hydrogens is 200 g/mol. The molecule has 1 aliphatic heterocycles. The summed E-state index contributed by atoms with van der Waals surface area (Å²) in [7, 11) is 0. The number of Topliss-reactive ketones (excluding diaryl/α,β-unsaturated/α-hetero) is 1. The molecule has 1 heterocycles. The Morgan fingerprint density at radius 1 is 1.25 bits per heavy atom. The molecule has 0 aromatic heterocycles. The number of carbonyl (C=O) groups is 1. The third kappa shape index (κ3) is 1.62. The molecule has 0 saturated heterocycles. The molecule has 84 valence electrons. The number of benzene rings is 1. The van der Waals surface area contributed by atoms with Gasteiger partial charge in [-0.25, -0.2) is 0 Å². The molecule has 2 nitrogen and oxygen atoms in total. The van der Waals surface area contributed by atoms with E-state index in [2.05, 4.69) is 0 Å². The Bertz CT molecular complexity index is 417. The molecule has 2 heteroatoms. The number of ketones is 1. The minimum Gasteiger partial charge on any atom is -0.493 e. The van der Waals surface area contributed by atoms with Crippen molar-refractivity contribution in [1.82, 2.24) is 0 Å². The summed E-state index contributed by atoms with van der Waals surface area (Å²) < 4.78 is 5.45. The zero-order valence-electron chi connectivity index (χ0n) is 9.37.